The van der Waals surface area contributed by atoms with E-state index in [2.05, 4.69) is 276 Å². The molecule has 0 fully saturated rings. The fraction of sp³-hybridized carbons (Fsp3) is 0.0154. The first-order valence-electron chi connectivity index (χ1n) is 23.2. The van der Waals surface area contributed by atoms with E-state index in [1.807, 2.05) is 0 Å². The standard InChI is InChI=1S/C65H44N2/c1-5-20-45(21-6-1)48-25-19-30-51(42-48)66(52-37-40-57-56-33-15-17-34-60(56)65(61(57)43-52,49-26-9-3-10-27-49)50-28-11-4-12-29-50)53-38-41-58-59-39-36-47-24-13-14-32-55(47)64(59)67(63(58)44-53)62-35-18-16-31-54(62)46-22-7-2-8-23-46/h1-44H. The molecule has 2 nitrogen and oxygen atoms in total. The second-order valence-electron chi connectivity index (χ2n) is 17.6. The smallest absolute Gasteiger partial charge is 0.0714 e. The summed E-state index contributed by atoms with van der Waals surface area (Å²) in [6, 6.07) is 98.2. The lowest BCUT2D eigenvalue weighted by atomic mass is 9.67. The summed E-state index contributed by atoms with van der Waals surface area (Å²) in [5.74, 6) is 0. The molecule has 0 radical (unpaired) electrons. The lowest BCUT2D eigenvalue weighted by Crippen LogP contribution is -2.28. The van der Waals surface area contributed by atoms with E-state index >= 15 is 0 Å². The zero-order chi connectivity index (χ0) is 44.3. The van der Waals surface area contributed by atoms with Crippen molar-refractivity contribution in [1.29, 1.82) is 0 Å². The molecule has 0 aliphatic heterocycles. The van der Waals surface area contributed by atoms with Gasteiger partial charge in [-0.3, -0.25) is 0 Å². The summed E-state index contributed by atoms with van der Waals surface area (Å²) in [6.45, 7) is 0. The second-order valence-corrected chi connectivity index (χ2v) is 17.6. The summed E-state index contributed by atoms with van der Waals surface area (Å²) >= 11 is 0. The molecule has 13 rings (SSSR count). The van der Waals surface area contributed by atoms with Gasteiger partial charge in [-0.05, 0) is 97.9 Å². The molecular formula is C65H44N2. The van der Waals surface area contributed by atoms with Gasteiger partial charge >= 0.3 is 0 Å². The summed E-state index contributed by atoms with van der Waals surface area (Å²) in [5, 5.41) is 4.88. The largest absolute Gasteiger partial charge is 0.310 e. The molecule has 1 aromatic heterocycles. The number of rotatable bonds is 8. The quantitative estimate of drug-likeness (QED) is 0.148. The van der Waals surface area contributed by atoms with Crippen LogP contribution >= 0.6 is 0 Å². The van der Waals surface area contributed by atoms with Gasteiger partial charge < -0.3 is 9.47 Å². The van der Waals surface area contributed by atoms with E-state index in [1.165, 1.54) is 77.1 Å². The van der Waals surface area contributed by atoms with E-state index < -0.39 is 5.41 Å². The average molecular weight is 853 g/mol. The first kappa shape index (κ1) is 38.7. The van der Waals surface area contributed by atoms with Gasteiger partial charge in [0, 0.05) is 38.8 Å². The minimum absolute atomic E-state index is 0.541. The van der Waals surface area contributed by atoms with Gasteiger partial charge in [-0.1, -0.05) is 224 Å². The number of hydrogen-bond acceptors (Lipinski definition) is 1. The molecule has 0 bridgehead atoms. The highest BCUT2D eigenvalue weighted by atomic mass is 15.1. The lowest BCUT2D eigenvalue weighted by molar-refractivity contribution is 0.768. The zero-order valence-corrected chi connectivity index (χ0v) is 36.8. The first-order chi connectivity index (χ1) is 33.3. The number of benzene rings is 11. The molecule has 1 aliphatic rings. The summed E-state index contributed by atoms with van der Waals surface area (Å²) in [4.78, 5) is 2.47. The van der Waals surface area contributed by atoms with Crippen LogP contribution in [0.2, 0.25) is 0 Å². The first-order valence-corrected chi connectivity index (χ1v) is 23.2. The molecule has 0 amide bonds. The van der Waals surface area contributed by atoms with E-state index in [1.54, 1.807) is 0 Å². The van der Waals surface area contributed by atoms with Crippen molar-refractivity contribution in [2.75, 3.05) is 4.90 Å². The average Bonchev–Trinajstić information content (AvgIpc) is 3.90. The van der Waals surface area contributed by atoms with Gasteiger partial charge in [0.1, 0.15) is 0 Å². The second kappa shape index (κ2) is 15.8. The third kappa shape index (κ3) is 6.11. The Balaban J connectivity index is 1.11. The van der Waals surface area contributed by atoms with Crippen LogP contribution in [-0.2, 0) is 5.41 Å². The Morgan fingerprint density at radius 2 is 0.866 bits per heavy atom. The van der Waals surface area contributed by atoms with Crippen molar-refractivity contribution in [2.24, 2.45) is 0 Å². The zero-order valence-electron chi connectivity index (χ0n) is 36.8. The Morgan fingerprint density at radius 1 is 0.313 bits per heavy atom. The highest BCUT2D eigenvalue weighted by molar-refractivity contribution is 6.19. The van der Waals surface area contributed by atoms with E-state index in [0.29, 0.717) is 0 Å². The van der Waals surface area contributed by atoms with E-state index in [4.69, 9.17) is 0 Å². The Morgan fingerprint density at radius 3 is 1.63 bits per heavy atom. The fourth-order valence-electron chi connectivity index (χ4n) is 11.2. The van der Waals surface area contributed by atoms with Crippen molar-refractivity contribution >= 4 is 49.6 Å². The van der Waals surface area contributed by atoms with Crippen molar-refractivity contribution in [3.8, 4) is 39.1 Å². The predicted molar refractivity (Wildman–Crippen MR) is 281 cm³/mol. The molecule has 0 unspecified atom stereocenters. The van der Waals surface area contributed by atoms with Gasteiger partial charge in [-0.15, -0.1) is 0 Å². The third-order valence-corrected chi connectivity index (χ3v) is 14.0. The van der Waals surface area contributed by atoms with Crippen LogP contribution in [0.1, 0.15) is 22.3 Å². The third-order valence-electron chi connectivity index (χ3n) is 14.0. The van der Waals surface area contributed by atoms with E-state index in [-0.39, 0.29) is 0 Å². The molecule has 314 valence electrons. The Labute approximate surface area is 390 Å². The molecule has 1 aliphatic carbocycles. The van der Waals surface area contributed by atoms with Gasteiger partial charge in [-0.25, -0.2) is 0 Å². The number of hydrogen-bond donors (Lipinski definition) is 0. The normalized spacial score (nSPS) is 12.6. The summed E-state index contributed by atoms with van der Waals surface area (Å²) in [5.41, 5.74) is 18.5. The molecule has 0 atom stereocenters. The molecular weight excluding hydrogens is 809 g/mol. The SMILES string of the molecule is c1ccc(-c2cccc(N(c3ccc4c(c3)C(c3ccccc3)(c3ccccc3)c3ccccc3-4)c3ccc4c5ccc6ccccc6c5n(-c5ccccc5-c5ccccc5)c4c3)c2)cc1. The number of aromatic nitrogens is 1. The van der Waals surface area contributed by atoms with Crippen LogP contribution in [0.3, 0.4) is 0 Å². The maximum absolute atomic E-state index is 2.52. The Bertz CT molecular complexity index is 3760. The fourth-order valence-corrected chi connectivity index (χ4v) is 11.2. The maximum atomic E-state index is 2.52. The minimum atomic E-state index is -0.541. The highest BCUT2D eigenvalue weighted by Gasteiger charge is 2.46. The van der Waals surface area contributed by atoms with Gasteiger partial charge in [0.15, 0.2) is 0 Å². The van der Waals surface area contributed by atoms with Crippen LogP contribution in [0.15, 0.2) is 267 Å². The topological polar surface area (TPSA) is 8.17 Å². The number of anilines is 3. The van der Waals surface area contributed by atoms with Crippen LogP contribution < -0.4 is 4.90 Å². The van der Waals surface area contributed by atoms with Gasteiger partial charge in [-0.2, -0.15) is 0 Å². The summed E-state index contributed by atoms with van der Waals surface area (Å²) in [7, 11) is 0. The lowest BCUT2D eigenvalue weighted by Gasteiger charge is -2.35. The predicted octanol–water partition coefficient (Wildman–Crippen LogP) is 17.1. The molecule has 0 saturated carbocycles. The monoisotopic (exact) mass is 852 g/mol. The van der Waals surface area contributed by atoms with Crippen LogP contribution in [0.4, 0.5) is 17.1 Å². The van der Waals surface area contributed by atoms with E-state index in [9.17, 15) is 0 Å². The molecule has 0 N–H and O–H groups in total. The maximum Gasteiger partial charge on any atom is 0.0714 e. The minimum Gasteiger partial charge on any atom is -0.310 e. The molecule has 1 heterocycles. The van der Waals surface area contributed by atoms with Crippen LogP contribution in [0.25, 0.3) is 71.6 Å². The Hall–Kier alpha value is -8.72. The van der Waals surface area contributed by atoms with Crippen molar-refractivity contribution in [1.82, 2.24) is 4.57 Å². The molecule has 2 heteroatoms. The highest BCUT2D eigenvalue weighted by Crippen LogP contribution is 2.57. The van der Waals surface area contributed by atoms with Crippen molar-refractivity contribution < 1.29 is 0 Å². The van der Waals surface area contributed by atoms with Crippen LogP contribution in [-0.4, -0.2) is 4.57 Å². The van der Waals surface area contributed by atoms with Gasteiger partial charge in [0.25, 0.3) is 0 Å². The van der Waals surface area contributed by atoms with Crippen LogP contribution in [0, 0.1) is 0 Å². The molecule has 12 aromatic rings. The summed E-state index contributed by atoms with van der Waals surface area (Å²) in [6.07, 6.45) is 0. The molecule has 0 spiro atoms. The van der Waals surface area contributed by atoms with E-state index in [0.717, 1.165) is 33.8 Å². The summed E-state index contributed by atoms with van der Waals surface area (Å²) < 4.78 is 2.52. The molecule has 67 heavy (non-hydrogen) atoms. The van der Waals surface area contributed by atoms with Crippen LogP contribution in [0.5, 0.6) is 0 Å². The number of para-hydroxylation sites is 1. The molecule has 0 saturated heterocycles. The van der Waals surface area contributed by atoms with Crippen molar-refractivity contribution in [3.05, 3.63) is 289 Å². The molecule has 11 aromatic carbocycles. The van der Waals surface area contributed by atoms with Crippen molar-refractivity contribution in [3.63, 3.8) is 0 Å². The Kier molecular flexibility index (Phi) is 9.11. The number of fused-ring (bicyclic) bond motifs is 8. The van der Waals surface area contributed by atoms with Crippen molar-refractivity contribution in [2.45, 2.75) is 5.41 Å². The van der Waals surface area contributed by atoms with Gasteiger partial charge in [0.05, 0.1) is 22.1 Å². The van der Waals surface area contributed by atoms with Gasteiger partial charge in [0.2, 0.25) is 0 Å². The number of nitrogens with zero attached hydrogens (tertiary/aromatic N) is 2.